The van der Waals surface area contributed by atoms with Gasteiger partial charge in [-0.15, -0.1) is 0 Å². The maximum absolute atomic E-state index is 10.2. The number of carbonyl (C=O) groups is 1. The average molecular weight is 215 g/mol. The number of hydrogen-bond donors (Lipinski definition) is 3. The Hall–Kier alpha value is -0.610. The van der Waals surface area contributed by atoms with Crippen molar-refractivity contribution >= 4 is 5.97 Å². The first-order valence-corrected chi connectivity index (χ1v) is 5.79. The van der Waals surface area contributed by atoms with E-state index in [1.54, 1.807) is 0 Å². The fourth-order valence-corrected chi connectivity index (χ4v) is 2.18. The van der Waals surface area contributed by atoms with Crippen LogP contribution in [0.4, 0.5) is 0 Å². The lowest BCUT2D eigenvalue weighted by Gasteiger charge is -2.15. The second-order valence-electron chi connectivity index (χ2n) is 4.39. The third-order valence-electron chi connectivity index (χ3n) is 2.98. The summed E-state index contributed by atoms with van der Waals surface area (Å²) < 4.78 is 0. The molecule has 0 heterocycles. The lowest BCUT2D eigenvalue weighted by atomic mass is 10.0. The van der Waals surface area contributed by atoms with Gasteiger partial charge >= 0.3 is 5.97 Å². The highest BCUT2D eigenvalue weighted by molar-refractivity contribution is 5.66. The zero-order chi connectivity index (χ0) is 11.1. The Morgan fingerprint density at radius 3 is 2.67 bits per heavy atom. The van der Waals surface area contributed by atoms with E-state index in [0.717, 1.165) is 6.42 Å². The summed E-state index contributed by atoms with van der Waals surface area (Å²) in [6, 6.07) is 0. The van der Waals surface area contributed by atoms with Gasteiger partial charge in [-0.2, -0.15) is 0 Å². The molecule has 88 valence electrons. The smallest absolute Gasteiger partial charge is 0.304 e. The first-order chi connectivity index (χ1) is 7.18. The minimum Gasteiger partial charge on any atom is -0.481 e. The van der Waals surface area contributed by atoms with Gasteiger partial charge in [-0.1, -0.05) is 25.7 Å². The van der Waals surface area contributed by atoms with E-state index in [-0.39, 0.29) is 12.5 Å². The van der Waals surface area contributed by atoms with Crippen molar-refractivity contribution < 1.29 is 15.0 Å². The molecule has 0 radical (unpaired) electrons. The number of rotatable bonds is 7. The van der Waals surface area contributed by atoms with E-state index in [9.17, 15) is 9.90 Å². The van der Waals surface area contributed by atoms with Crippen LogP contribution in [0.3, 0.4) is 0 Å². The first kappa shape index (κ1) is 12.5. The van der Waals surface area contributed by atoms with Crippen LogP contribution in [-0.2, 0) is 4.79 Å². The van der Waals surface area contributed by atoms with Gasteiger partial charge in [-0.25, -0.2) is 0 Å². The summed E-state index contributed by atoms with van der Waals surface area (Å²) in [5.74, 6) is -0.117. The molecule has 0 spiro atoms. The van der Waals surface area contributed by atoms with Crippen LogP contribution in [-0.4, -0.2) is 35.4 Å². The van der Waals surface area contributed by atoms with Crippen LogP contribution in [0.1, 0.15) is 38.5 Å². The van der Waals surface area contributed by atoms with Crippen LogP contribution in [0.15, 0.2) is 0 Å². The molecule has 0 bridgehead atoms. The van der Waals surface area contributed by atoms with E-state index in [2.05, 4.69) is 5.32 Å². The Labute approximate surface area is 90.7 Å². The predicted octanol–water partition coefficient (Wildman–Crippen LogP) is 0.992. The van der Waals surface area contributed by atoms with Crippen molar-refractivity contribution in [2.45, 2.75) is 44.6 Å². The molecule has 0 aromatic carbocycles. The van der Waals surface area contributed by atoms with Crippen LogP contribution in [0.25, 0.3) is 0 Å². The highest BCUT2D eigenvalue weighted by Crippen LogP contribution is 2.28. The Morgan fingerprint density at radius 1 is 1.40 bits per heavy atom. The Morgan fingerprint density at radius 2 is 2.07 bits per heavy atom. The van der Waals surface area contributed by atoms with E-state index in [1.165, 1.54) is 25.7 Å². The van der Waals surface area contributed by atoms with Crippen LogP contribution < -0.4 is 5.32 Å². The summed E-state index contributed by atoms with van der Waals surface area (Å²) in [6.07, 6.45) is 5.74. The number of aliphatic hydroxyl groups excluding tert-OH is 1. The summed E-state index contributed by atoms with van der Waals surface area (Å²) in [7, 11) is 0. The molecule has 4 heteroatoms. The highest BCUT2D eigenvalue weighted by Gasteiger charge is 2.18. The molecule has 1 saturated carbocycles. The van der Waals surface area contributed by atoms with E-state index in [0.29, 0.717) is 19.0 Å². The molecule has 0 aromatic rings. The van der Waals surface area contributed by atoms with Gasteiger partial charge in [0.05, 0.1) is 12.5 Å². The summed E-state index contributed by atoms with van der Waals surface area (Å²) in [5, 5.41) is 21.0. The Balaban J connectivity index is 1.97. The van der Waals surface area contributed by atoms with Crippen LogP contribution >= 0.6 is 0 Å². The van der Waals surface area contributed by atoms with Crippen molar-refractivity contribution in [2.24, 2.45) is 5.92 Å². The van der Waals surface area contributed by atoms with Gasteiger partial charge < -0.3 is 15.5 Å². The van der Waals surface area contributed by atoms with Crippen LogP contribution in [0.2, 0.25) is 0 Å². The minimum absolute atomic E-state index is 0.121. The lowest BCUT2D eigenvalue weighted by molar-refractivity contribution is -0.136. The number of aliphatic carboxylic acids is 1. The second kappa shape index (κ2) is 6.80. The summed E-state index contributed by atoms with van der Waals surface area (Å²) >= 11 is 0. The number of carboxylic acid groups (broad SMARTS) is 1. The molecule has 1 aliphatic carbocycles. The molecule has 4 nitrogen and oxygen atoms in total. The van der Waals surface area contributed by atoms with Gasteiger partial charge in [0, 0.05) is 13.1 Å². The molecule has 15 heavy (non-hydrogen) atoms. The van der Waals surface area contributed by atoms with Gasteiger partial charge in [0.1, 0.15) is 0 Å². The van der Waals surface area contributed by atoms with E-state index in [1.807, 2.05) is 0 Å². The van der Waals surface area contributed by atoms with Crippen molar-refractivity contribution in [3.8, 4) is 0 Å². The normalized spacial score (nSPS) is 19.3. The molecular formula is C11H21NO3. The fraction of sp³-hybridized carbons (Fsp3) is 0.909. The molecule has 0 aliphatic heterocycles. The average Bonchev–Trinajstić information content (AvgIpc) is 2.64. The monoisotopic (exact) mass is 215 g/mol. The van der Waals surface area contributed by atoms with Gasteiger partial charge in [0.15, 0.2) is 0 Å². The van der Waals surface area contributed by atoms with E-state index < -0.39 is 5.97 Å². The second-order valence-corrected chi connectivity index (χ2v) is 4.39. The topological polar surface area (TPSA) is 69.6 Å². The zero-order valence-corrected chi connectivity index (χ0v) is 9.11. The van der Waals surface area contributed by atoms with Gasteiger partial charge in [0.25, 0.3) is 0 Å². The predicted molar refractivity (Wildman–Crippen MR) is 57.7 cm³/mol. The van der Waals surface area contributed by atoms with Gasteiger partial charge in [-0.3, -0.25) is 4.79 Å². The van der Waals surface area contributed by atoms with Gasteiger partial charge in [0.2, 0.25) is 0 Å². The van der Waals surface area contributed by atoms with Gasteiger partial charge in [-0.05, 0) is 12.3 Å². The standard InChI is InChI=1S/C11H21NO3/c13-10(7-9-3-1-2-4-9)8-12-6-5-11(14)15/h9-10,12-13H,1-8H2,(H,14,15). The van der Waals surface area contributed by atoms with Crippen molar-refractivity contribution in [1.29, 1.82) is 0 Å². The number of carboxylic acids is 1. The molecule has 1 aliphatic rings. The molecule has 1 unspecified atom stereocenters. The number of hydrogen-bond acceptors (Lipinski definition) is 3. The summed E-state index contributed by atoms with van der Waals surface area (Å²) in [4.78, 5) is 10.2. The van der Waals surface area contributed by atoms with Crippen molar-refractivity contribution in [3.63, 3.8) is 0 Å². The first-order valence-electron chi connectivity index (χ1n) is 5.79. The molecule has 1 atom stereocenters. The minimum atomic E-state index is -0.798. The molecular weight excluding hydrogens is 194 g/mol. The zero-order valence-electron chi connectivity index (χ0n) is 9.11. The van der Waals surface area contributed by atoms with E-state index in [4.69, 9.17) is 5.11 Å². The molecule has 1 rings (SSSR count). The SMILES string of the molecule is O=C(O)CCNCC(O)CC1CCCC1. The van der Waals surface area contributed by atoms with E-state index >= 15 is 0 Å². The van der Waals surface area contributed by atoms with Crippen molar-refractivity contribution in [3.05, 3.63) is 0 Å². The largest absolute Gasteiger partial charge is 0.481 e. The summed E-state index contributed by atoms with van der Waals surface area (Å²) in [6.45, 7) is 0.959. The Kier molecular flexibility index (Phi) is 5.65. The van der Waals surface area contributed by atoms with Crippen LogP contribution in [0.5, 0.6) is 0 Å². The number of aliphatic hydroxyl groups is 1. The highest BCUT2D eigenvalue weighted by atomic mass is 16.4. The quantitative estimate of drug-likeness (QED) is 0.554. The van der Waals surface area contributed by atoms with Crippen LogP contribution in [0, 0.1) is 5.92 Å². The molecule has 0 aromatic heterocycles. The third kappa shape index (κ3) is 5.74. The third-order valence-corrected chi connectivity index (χ3v) is 2.98. The summed E-state index contributed by atoms with van der Waals surface area (Å²) in [5.41, 5.74) is 0. The maximum Gasteiger partial charge on any atom is 0.304 e. The molecule has 1 fully saturated rings. The fourth-order valence-electron chi connectivity index (χ4n) is 2.18. The molecule has 3 N–H and O–H groups in total. The molecule has 0 saturated heterocycles. The lowest BCUT2D eigenvalue weighted by Crippen LogP contribution is -2.29. The molecule has 0 amide bonds. The van der Waals surface area contributed by atoms with Crippen molar-refractivity contribution in [2.75, 3.05) is 13.1 Å². The number of nitrogens with one attached hydrogen (secondary N) is 1. The maximum atomic E-state index is 10.2. The van der Waals surface area contributed by atoms with Crippen molar-refractivity contribution in [1.82, 2.24) is 5.32 Å². The Bertz CT molecular complexity index is 190.